The summed E-state index contributed by atoms with van der Waals surface area (Å²) >= 11 is 0. The minimum atomic E-state index is 0.149. The lowest BCUT2D eigenvalue weighted by atomic mass is 9.93. The average molecular weight is 379 g/mol. The van der Waals surface area contributed by atoms with Crippen LogP contribution in [-0.4, -0.2) is 36.1 Å². The van der Waals surface area contributed by atoms with Crippen molar-refractivity contribution in [3.8, 4) is 45.7 Å². The fraction of sp³-hybridized carbons (Fsp3) is 0.250. The van der Waals surface area contributed by atoms with Crippen LogP contribution in [-0.2, 0) is 7.05 Å². The van der Waals surface area contributed by atoms with Gasteiger partial charge in [-0.3, -0.25) is 4.68 Å². The normalized spacial score (nSPS) is 10.4. The number of rotatable bonds is 5. The number of benzene rings is 1. The van der Waals surface area contributed by atoms with E-state index in [2.05, 4.69) is 16.2 Å². The van der Waals surface area contributed by atoms with Crippen LogP contribution in [0.15, 0.2) is 24.5 Å². The van der Waals surface area contributed by atoms with Gasteiger partial charge in [0, 0.05) is 24.4 Å². The van der Waals surface area contributed by atoms with Gasteiger partial charge in [0.15, 0.2) is 11.5 Å². The summed E-state index contributed by atoms with van der Waals surface area (Å²) < 4.78 is 18.0. The van der Waals surface area contributed by atoms with E-state index in [0.29, 0.717) is 39.6 Å². The van der Waals surface area contributed by atoms with Crippen molar-refractivity contribution >= 4 is 5.82 Å². The molecule has 0 radical (unpaired) electrons. The number of hydrogen-bond acceptors (Lipinski definition) is 7. The van der Waals surface area contributed by atoms with Crippen LogP contribution in [0.2, 0.25) is 0 Å². The van der Waals surface area contributed by atoms with Crippen LogP contribution in [0, 0.1) is 18.3 Å². The lowest BCUT2D eigenvalue weighted by Crippen LogP contribution is -2.04. The van der Waals surface area contributed by atoms with Crippen molar-refractivity contribution in [3.05, 3.63) is 35.7 Å². The fourth-order valence-corrected chi connectivity index (χ4v) is 3.22. The highest BCUT2D eigenvalue weighted by Crippen LogP contribution is 2.44. The second kappa shape index (κ2) is 7.48. The molecule has 1 aromatic carbocycles. The lowest BCUT2D eigenvalue weighted by Gasteiger charge is -2.18. The first-order valence-corrected chi connectivity index (χ1v) is 8.44. The van der Waals surface area contributed by atoms with Gasteiger partial charge in [-0.05, 0) is 30.2 Å². The molecule has 8 nitrogen and oxygen atoms in total. The second-order valence-corrected chi connectivity index (χ2v) is 6.15. The highest BCUT2D eigenvalue weighted by molar-refractivity contribution is 5.85. The SMILES string of the molecule is COc1cc(-c2c(C)c(-c3cnn(C)c3)nc(N)c2C#N)cc(OC)c1OC. The summed E-state index contributed by atoms with van der Waals surface area (Å²) in [5.41, 5.74) is 10.1. The number of pyridine rings is 1. The van der Waals surface area contributed by atoms with Gasteiger partial charge >= 0.3 is 0 Å². The summed E-state index contributed by atoms with van der Waals surface area (Å²) in [6, 6.07) is 5.75. The van der Waals surface area contributed by atoms with Crippen molar-refractivity contribution < 1.29 is 14.2 Å². The fourth-order valence-electron chi connectivity index (χ4n) is 3.22. The van der Waals surface area contributed by atoms with Crippen molar-refractivity contribution in [2.45, 2.75) is 6.92 Å². The third-order valence-corrected chi connectivity index (χ3v) is 4.51. The Balaban J connectivity index is 2.35. The molecule has 3 rings (SSSR count). The number of methoxy groups -OCH3 is 3. The van der Waals surface area contributed by atoms with Crippen molar-refractivity contribution in [1.29, 1.82) is 5.26 Å². The Labute approximate surface area is 163 Å². The molecule has 2 heterocycles. The number of nitrogen functional groups attached to an aromatic ring is 1. The summed E-state index contributed by atoms with van der Waals surface area (Å²) in [7, 11) is 6.45. The average Bonchev–Trinajstić information content (AvgIpc) is 3.13. The molecule has 8 heteroatoms. The molecule has 0 spiro atoms. The molecule has 0 saturated heterocycles. The highest BCUT2D eigenvalue weighted by Gasteiger charge is 2.22. The Kier molecular flexibility index (Phi) is 5.09. The number of aromatic nitrogens is 3. The predicted octanol–water partition coefficient (Wildman–Crippen LogP) is 2.94. The monoisotopic (exact) mass is 379 g/mol. The number of anilines is 1. The number of nitrogens with zero attached hydrogens (tertiary/aromatic N) is 4. The van der Waals surface area contributed by atoms with E-state index in [0.717, 1.165) is 11.1 Å². The summed E-state index contributed by atoms with van der Waals surface area (Å²) in [4.78, 5) is 4.45. The molecule has 0 aliphatic heterocycles. The maximum atomic E-state index is 9.73. The maximum Gasteiger partial charge on any atom is 0.203 e. The number of ether oxygens (including phenoxy) is 3. The van der Waals surface area contributed by atoms with Crippen LogP contribution in [0.1, 0.15) is 11.1 Å². The molecule has 0 atom stereocenters. The Morgan fingerprint density at radius 3 is 2.18 bits per heavy atom. The van der Waals surface area contributed by atoms with Crippen LogP contribution in [0.5, 0.6) is 17.2 Å². The van der Waals surface area contributed by atoms with Crippen LogP contribution in [0.4, 0.5) is 5.82 Å². The zero-order chi connectivity index (χ0) is 20.4. The topological polar surface area (TPSA) is 108 Å². The molecule has 0 unspecified atom stereocenters. The second-order valence-electron chi connectivity index (χ2n) is 6.15. The molecule has 0 aliphatic rings. The van der Waals surface area contributed by atoms with E-state index in [9.17, 15) is 5.26 Å². The van der Waals surface area contributed by atoms with Crippen LogP contribution < -0.4 is 19.9 Å². The molecular weight excluding hydrogens is 358 g/mol. The summed E-state index contributed by atoms with van der Waals surface area (Å²) in [6.45, 7) is 1.90. The van der Waals surface area contributed by atoms with E-state index in [1.165, 1.54) is 7.11 Å². The zero-order valence-electron chi connectivity index (χ0n) is 16.4. The third-order valence-electron chi connectivity index (χ3n) is 4.51. The molecule has 3 aromatic rings. The van der Waals surface area contributed by atoms with Crippen LogP contribution in [0.3, 0.4) is 0 Å². The number of nitrogens with two attached hydrogens (primary N) is 1. The Hall–Kier alpha value is -3.73. The van der Waals surface area contributed by atoms with Crippen molar-refractivity contribution in [2.75, 3.05) is 27.1 Å². The molecule has 2 N–H and O–H groups in total. The van der Waals surface area contributed by atoms with Gasteiger partial charge in [-0.1, -0.05) is 0 Å². The van der Waals surface area contributed by atoms with Gasteiger partial charge in [0.1, 0.15) is 17.5 Å². The van der Waals surface area contributed by atoms with E-state index in [1.807, 2.05) is 20.2 Å². The van der Waals surface area contributed by atoms with Gasteiger partial charge in [-0.15, -0.1) is 0 Å². The zero-order valence-corrected chi connectivity index (χ0v) is 16.4. The smallest absolute Gasteiger partial charge is 0.203 e. The predicted molar refractivity (Wildman–Crippen MR) is 105 cm³/mol. The molecule has 0 saturated carbocycles. The van der Waals surface area contributed by atoms with Gasteiger partial charge in [0.25, 0.3) is 0 Å². The standard InChI is InChI=1S/C20H21N5O3/c1-11-17(12-6-15(26-3)19(28-5)16(7-12)27-4)14(8-21)20(22)24-18(11)13-9-23-25(2)10-13/h6-7,9-10H,1-5H3,(H2,22,24). The summed E-state index contributed by atoms with van der Waals surface area (Å²) in [5.74, 6) is 1.59. The molecular formula is C20H21N5O3. The van der Waals surface area contributed by atoms with E-state index in [-0.39, 0.29) is 5.82 Å². The van der Waals surface area contributed by atoms with Crippen LogP contribution in [0.25, 0.3) is 22.4 Å². The summed E-state index contributed by atoms with van der Waals surface area (Å²) in [5, 5.41) is 13.9. The van der Waals surface area contributed by atoms with Crippen molar-refractivity contribution in [3.63, 3.8) is 0 Å². The Morgan fingerprint density at radius 1 is 1.07 bits per heavy atom. The number of hydrogen-bond donors (Lipinski definition) is 1. The quantitative estimate of drug-likeness (QED) is 0.726. The highest BCUT2D eigenvalue weighted by atomic mass is 16.5. The molecule has 2 aromatic heterocycles. The third kappa shape index (κ3) is 3.07. The van der Waals surface area contributed by atoms with Gasteiger partial charge in [-0.25, -0.2) is 4.98 Å². The lowest BCUT2D eigenvalue weighted by molar-refractivity contribution is 0.324. The van der Waals surface area contributed by atoms with Gasteiger partial charge < -0.3 is 19.9 Å². The Morgan fingerprint density at radius 2 is 1.71 bits per heavy atom. The molecule has 144 valence electrons. The number of nitriles is 1. The molecule has 0 aliphatic carbocycles. The van der Waals surface area contributed by atoms with Gasteiger partial charge in [0.2, 0.25) is 5.75 Å². The minimum Gasteiger partial charge on any atom is -0.493 e. The largest absolute Gasteiger partial charge is 0.493 e. The van der Waals surface area contributed by atoms with Crippen molar-refractivity contribution in [1.82, 2.24) is 14.8 Å². The van der Waals surface area contributed by atoms with E-state index in [4.69, 9.17) is 19.9 Å². The van der Waals surface area contributed by atoms with Crippen LogP contribution >= 0.6 is 0 Å². The van der Waals surface area contributed by atoms with Gasteiger partial charge in [-0.2, -0.15) is 10.4 Å². The van der Waals surface area contributed by atoms with E-state index in [1.54, 1.807) is 37.2 Å². The Bertz CT molecular complexity index is 1060. The first kappa shape index (κ1) is 19.0. The minimum absolute atomic E-state index is 0.149. The first-order chi connectivity index (χ1) is 13.4. The summed E-state index contributed by atoms with van der Waals surface area (Å²) in [6.07, 6.45) is 3.56. The first-order valence-electron chi connectivity index (χ1n) is 8.44. The molecule has 28 heavy (non-hydrogen) atoms. The molecule has 0 amide bonds. The van der Waals surface area contributed by atoms with E-state index >= 15 is 0 Å². The molecule has 0 fully saturated rings. The van der Waals surface area contributed by atoms with Gasteiger partial charge in [0.05, 0.1) is 33.2 Å². The van der Waals surface area contributed by atoms with Crippen molar-refractivity contribution in [2.24, 2.45) is 7.05 Å². The maximum absolute atomic E-state index is 9.73. The van der Waals surface area contributed by atoms with E-state index < -0.39 is 0 Å². The molecule has 0 bridgehead atoms. The number of aryl methyl sites for hydroxylation is 1.